The molecule has 3 aromatic rings. The van der Waals surface area contributed by atoms with Gasteiger partial charge in [-0.05, 0) is 37.4 Å². The van der Waals surface area contributed by atoms with Crippen molar-refractivity contribution in [2.45, 2.75) is 13.0 Å². The lowest BCUT2D eigenvalue weighted by molar-refractivity contribution is 0.102. The number of aromatic amines is 1. The molecule has 134 valence electrons. The van der Waals surface area contributed by atoms with Crippen LogP contribution in [0.5, 0.6) is 5.75 Å². The Hall–Kier alpha value is -2.71. The maximum absolute atomic E-state index is 12.5. The summed E-state index contributed by atoms with van der Waals surface area (Å²) in [6, 6.07) is 9.27. The van der Waals surface area contributed by atoms with Gasteiger partial charge in [0, 0.05) is 30.0 Å². The first-order chi connectivity index (χ1) is 12.6. The number of nitrogens with zero attached hydrogens (tertiary/aromatic N) is 3. The first kappa shape index (κ1) is 16.7. The molecule has 0 saturated carbocycles. The smallest absolute Gasteiger partial charge is 0.275 e. The Kier molecular flexibility index (Phi) is 4.44. The fourth-order valence-electron chi connectivity index (χ4n) is 2.89. The van der Waals surface area contributed by atoms with E-state index >= 15 is 0 Å². The van der Waals surface area contributed by atoms with Crippen LogP contribution in [0.2, 0.25) is 0 Å². The number of rotatable bonds is 4. The summed E-state index contributed by atoms with van der Waals surface area (Å²) in [6.07, 6.45) is 0.921. The molecule has 0 bridgehead atoms. The van der Waals surface area contributed by atoms with Gasteiger partial charge in [-0.3, -0.25) is 15.2 Å². The number of hydrogen-bond acceptors (Lipinski definition) is 6. The topological polar surface area (TPSA) is 83.1 Å². The zero-order valence-electron chi connectivity index (χ0n) is 14.6. The molecule has 4 rings (SSSR count). The van der Waals surface area contributed by atoms with Gasteiger partial charge < -0.3 is 9.64 Å². The fraction of sp³-hybridized carbons (Fsp3) is 0.278. The summed E-state index contributed by atoms with van der Waals surface area (Å²) >= 11 is 1.54. The minimum absolute atomic E-state index is 0.239. The second-order valence-electron chi connectivity index (χ2n) is 6.23. The molecule has 0 atom stereocenters. The van der Waals surface area contributed by atoms with Crippen LogP contribution in [-0.2, 0) is 13.0 Å². The summed E-state index contributed by atoms with van der Waals surface area (Å²) in [5, 5.41) is 10.5. The number of carbonyl (C=O) groups is 1. The van der Waals surface area contributed by atoms with Gasteiger partial charge in [0.15, 0.2) is 5.13 Å². The van der Waals surface area contributed by atoms with E-state index < -0.39 is 0 Å². The van der Waals surface area contributed by atoms with Crippen molar-refractivity contribution in [3.05, 3.63) is 46.6 Å². The number of H-pyrrole nitrogens is 1. The number of carbonyl (C=O) groups excluding carboxylic acids is 1. The molecular formula is C18H19N5O2S. The lowest BCUT2D eigenvalue weighted by Crippen LogP contribution is -2.25. The molecule has 3 heterocycles. The highest BCUT2D eigenvalue weighted by Crippen LogP contribution is 2.28. The van der Waals surface area contributed by atoms with Gasteiger partial charge in [0.1, 0.15) is 11.4 Å². The van der Waals surface area contributed by atoms with Crippen LogP contribution >= 0.6 is 11.3 Å². The number of anilines is 1. The van der Waals surface area contributed by atoms with Crippen molar-refractivity contribution in [2.24, 2.45) is 0 Å². The molecule has 0 aliphatic carbocycles. The van der Waals surface area contributed by atoms with E-state index in [-0.39, 0.29) is 5.91 Å². The molecule has 7 nitrogen and oxygen atoms in total. The third kappa shape index (κ3) is 3.33. The molecular weight excluding hydrogens is 350 g/mol. The van der Waals surface area contributed by atoms with Crippen molar-refractivity contribution >= 4 is 22.4 Å². The van der Waals surface area contributed by atoms with Gasteiger partial charge in [0.2, 0.25) is 0 Å². The Morgan fingerprint density at radius 3 is 2.92 bits per heavy atom. The maximum Gasteiger partial charge on any atom is 0.275 e. The molecule has 2 aromatic heterocycles. The van der Waals surface area contributed by atoms with Gasteiger partial charge in [-0.15, -0.1) is 11.3 Å². The van der Waals surface area contributed by atoms with Crippen molar-refractivity contribution in [3.63, 3.8) is 0 Å². The number of fused-ring (bicyclic) bond motifs is 1. The standard InChI is InChI=1S/C18H19N5O2S/c1-23-8-7-13-16(10-23)26-18(19-13)20-17(24)15-9-14(21-22-15)11-3-5-12(25-2)6-4-11/h3-6,9H,7-8,10H2,1-2H3,(H,21,22)(H,19,20,24). The molecule has 2 N–H and O–H groups in total. The SMILES string of the molecule is COc1ccc(-c2cc(C(=O)Nc3nc4c(s3)CN(C)CC4)[nH]n2)cc1. The van der Waals surface area contributed by atoms with Crippen molar-refractivity contribution in [1.82, 2.24) is 20.1 Å². The number of amides is 1. The highest BCUT2D eigenvalue weighted by atomic mass is 32.1. The van der Waals surface area contributed by atoms with Gasteiger partial charge in [-0.25, -0.2) is 4.98 Å². The summed E-state index contributed by atoms with van der Waals surface area (Å²) in [7, 11) is 3.71. The minimum atomic E-state index is -0.239. The number of hydrogen-bond donors (Lipinski definition) is 2. The van der Waals surface area contributed by atoms with Crippen LogP contribution < -0.4 is 10.1 Å². The molecule has 1 amide bonds. The first-order valence-corrected chi connectivity index (χ1v) is 9.12. The molecule has 1 aromatic carbocycles. The molecule has 0 spiro atoms. The van der Waals surface area contributed by atoms with Gasteiger partial charge in [0.25, 0.3) is 5.91 Å². The lowest BCUT2D eigenvalue weighted by Gasteiger charge is -2.20. The number of thiazole rings is 1. The van der Waals surface area contributed by atoms with E-state index in [9.17, 15) is 4.79 Å². The average Bonchev–Trinajstić information content (AvgIpc) is 3.28. The number of methoxy groups -OCH3 is 1. The molecule has 0 unspecified atom stereocenters. The molecule has 0 radical (unpaired) electrons. The minimum Gasteiger partial charge on any atom is -0.497 e. The van der Waals surface area contributed by atoms with Crippen LogP contribution in [0.15, 0.2) is 30.3 Å². The fourth-order valence-corrected chi connectivity index (χ4v) is 3.97. The normalized spacial score (nSPS) is 14.1. The third-order valence-corrected chi connectivity index (χ3v) is 5.35. The van der Waals surface area contributed by atoms with Gasteiger partial charge in [0.05, 0.1) is 18.5 Å². The van der Waals surface area contributed by atoms with Crippen LogP contribution in [0, 0.1) is 0 Å². The van der Waals surface area contributed by atoms with E-state index in [1.807, 2.05) is 24.3 Å². The van der Waals surface area contributed by atoms with Crippen LogP contribution in [0.3, 0.4) is 0 Å². The second-order valence-corrected chi connectivity index (χ2v) is 7.31. The van der Waals surface area contributed by atoms with Crippen molar-refractivity contribution in [3.8, 4) is 17.0 Å². The molecule has 0 saturated heterocycles. The predicted molar refractivity (Wildman–Crippen MR) is 101 cm³/mol. The van der Waals surface area contributed by atoms with E-state index in [0.29, 0.717) is 16.5 Å². The van der Waals surface area contributed by atoms with E-state index in [4.69, 9.17) is 4.74 Å². The number of likely N-dealkylation sites (N-methyl/N-ethyl adjacent to an activating group) is 1. The van der Waals surface area contributed by atoms with E-state index in [1.165, 1.54) is 16.2 Å². The van der Waals surface area contributed by atoms with Gasteiger partial charge >= 0.3 is 0 Å². The van der Waals surface area contributed by atoms with Crippen LogP contribution in [-0.4, -0.2) is 46.7 Å². The van der Waals surface area contributed by atoms with Crippen LogP contribution in [0.25, 0.3) is 11.3 Å². The summed E-state index contributed by atoms with van der Waals surface area (Å²) in [6.45, 7) is 1.88. The second kappa shape index (κ2) is 6.89. The zero-order valence-corrected chi connectivity index (χ0v) is 15.4. The maximum atomic E-state index is 12.5. The number of aromatic nitrogens is 3. The summed E-state index contributed by atoms with van der Waals surface area (Å²) in [5.74, 6) is 0.539. The highest BCUT2D eigenvalue weighted by molar-refractivity contribution is 7.15. The lowest BCUT2D eigenvalue weighted by atomic mass is 10.1. The molecule has 0 fully saturated rings. The molecule has 1 aliphatic rings. The monoisotopic (exact) mass is 369 g/mol. The van der Waals surface area contributed by atoms with Crippen LogP contribution in [0.1, 0.15) is 21.1 Å². The van der Waals surface area contributed by atoms with E-state index in [2.05, 4.69) is 32.4 Å². The summed E-state index contributed by atoms with van der Waals surface area (Å²) in [5.41, 5.74) is 3.11. The highest BCUT2D eigenvalue weighted by Gasteiger charge is 2.20. The quantitative estimate of drug-likeness (QED) is 0.739. The van der Waals surface area contributed by atoms with E-state index in [1.54, 1.807) is 13.2 Å². The largest absolute Gasteiger partial charge is 0.497 e. The Labute approximate surface area is 155 Å². The Bertz CT molecular complexity index is 931. The van der Waals surface area contributed by atoms with Crippen LogP contribution in [0.4, 0.5) is 5.13 Å². The molecule has 1 aliphatic heterocycles. The Balaban J connectivity index is 1.48. The number of ether oxygens (including phenoxy) is 1. The van der Waals surface area contributed by atoms with E-state index in [0.717, 1.165) is 36.5 Å². The Morgan fingerprint density at radius 2 is 2.15 bits per heavy atom. The van der Waals surface area contributed by atoms with Crippen molar-refractivity contribution in [1.29, 1.82) is 0 Å². The van der Waals surface area contributed by atoms with Gasteiger partial charge in [-0.1, -0.05) is 0 Å². The van der Waals surface area contributed by atoms with Crippen molar-refractivity contribution < 1.29 is 9.53 Å². The Morgan fingerprint density at radius 1 is 1.35 bits per heavy atom. The number of benzene rings is 1. The predicted octanol–water partition coefficient (Wildman–Crippen LogP) is 2.78. The van der Waals surface area contributed by atoms with Gasteiger partial charge in [-0.2, -0.15) is 5.10 Å². The average molecular weight is 369 g/mol. The van der Waals surface area contributed by atoms with Crippen molar-refractivity contribution in [2.75, 3.05) is 26.0 Å². The number of nitrogens with one attached hydrogen (secondary N) is 2. The molecule has 26 heavy (non-hydrogen) atoms. The first-order valence-electron chi connectivity index (χ1n) is 8.30. The third-order valence-electron chi connectivity index (χ3n) is 4.35. The molecule has 8 heteroatoms. The zero-order chi connectivity index (χ0) is 18.1. The summed E-state index contributed by atoms with van der Waals surface area (Å²) in [4.78, 5) is 20.5. The summed E-state index contributed by atoms with van der Waals surface area (Å²) < 4.78 is 5.15.